The molecule has 112 valence electrons. The van der Waals surface area contributed by atoms with E-state index < -0.39 is 6.17 Å². The summed E-state index contributed by atoms with van der Waals surface area (Å²) in [5.41, 5.74) is 9.17. The zero-order valence-electron chi connectivity index (χ0n) is 12.6. The number of rotatable bonds is 3. The molecule has 4 heteroatoms. The molecule has 4 nitrogen and oxygen atoms in total. The lowest BCUT2D eigenvalue weighted by atomic mass is 9.94. The summed E-state index contributed by atoms with van der Waals surface area (Å²) in [6.45, 7) is 2.77. The minimum absolute atomic E-state index is 0.0858. The third-order valence-corrected chi connectivity index (χ3v) is 4.46. The van der Waals surface area contributed by atoms with Gasteiger partial charge in [-0.3, -0.25) is 9.79 Å². The van der Waals surface area contributed by atoms with Crippen molar-refractivity contribution in [1.82, 2.24) is 0 Å². The normalized spacial score (nSPS) is 23.0. The molecule has 1 fully saturated rings. The Morgan fingerprint density at radius 2 is 2.00 bits per heavy atom. The quantitative estimate of drug-likeness (QED) is 0.928. The van der Waals surface area contributed by atoms with Crippen molar-refractivity contribution >= 4 is 17.3 Å². The number of benzodiazepines with no additional fused rings is 1. The third kappa shape index (κ3) is 2.60. The summed E-state index contributed by atoms with van der Waals surface area (Å²) < 4.78 is 0. The maximum absolute atomic E-state index is 12.6. The van der Waals surface area contributed by atoms with Crippen LogP contribution in [0, 0.1) is 5.92 Å². The van der Waals surface area contributed by atoms with Gasteiger partial charge in [0.05, 0.1) is 5.69 Å². The van der Waals surface area contributed by atoms with E-state index in [9.17, 15) is 4.79 Å². The maximum Gasteiger partial charge on any atom is 0.266 e. The van der Waals surface area contributed by atoms with Crippen molar-refractivity contribution in [2.75, 3.05) is 11.4 Å². The highest BCUT2D eigenvalue weighted by molar-refractivity contribution is 6.13. The predicted octanol–water partition coefficient (Wildman–Crippen LogP) is 2.71. The fourth-order valence-corrected chi connectivity index (χ4v) is 3.46. The number of aliphatic imine (C=N–C) groups is 1. The average Bonchev–Trinajstić information content (AvgIpc) is 3.00. The Labute approximate surface area is 126 Å². The van der Waals surface area contributed by atoms with E-state index in [0.29, 0.717) is 12.5 Å². The molecule has 0 spiro atoms. The molecule has 2 aliphatic rings. The van der Waals surface area contributed by atoms with E-state index >= 15 is 0 Å². The number of hydrogen-bond acceptors (Lipinski definition) is 3. The second-order valence-corrected chi connectivity index (χ2v) is 5.95. The summed E-state index contributed by atoms with van der Waals surface area (Å²) in [6, 6.07) is 8.11. The van der Waals surface area contributed by atoms with E-state index in [1.807, 2.05) is 23.1 Å². The lowest BCUT2D eigenvalue weighted by Crippen LogP contribution is -2.42. The van der Waals surface area contributed by atoms with Gasteiger partial charge in [0.1, 0.15) is 0 Å². The Hall–Kier alpha value is -1.68. The Morgan fingerprint density at radius 3 is 2.71 bits per heavy atom. The summed E-state index contributed by atoms with van der Waals surface area (Å²) in [7, 11) is 0. The summed E-state index contributed by atoms with van der Waals surface area (Å²) in [6.07, 6.45) is 4.94. The topological polar surface area (TPSA) is 58.7 Å². The molecule has 0 unspecified atom stereocenters. The van der Waals surface area contributed by atoms with Gasteiger partial charge in [-0.15, -0.1) is 0 Å². The number of fused-ring (bicyclic) bond motifs is 1. The molecule has 1 saturated carbocycles. The second kappa shape index (κ2) is 5.98. The minimum atomic E-state index is -0.764. The van der Waals surface area contributed by atoms with Crippen molar-refractivity contribution < 1.29 is 4.79 Å². The first-order chi connectivity index (χ1) is 10.2. The van der Waals surface area contributed by atoms with Crippen LogP contribution in [0.15, 0.2) is 29.3 Å². The number of carbonyl (C=O) groups excluding carboxylic acids is 1. The first-order valence-electron chi connectivity index (χ1n) is 7.96. The van der Waals surface area contributed by atoms with Crippen molar-refractivity contribution in [3.05, 3.63) is 29.8 Å². The number of carbonyl (C=O) groups is 1. The van der Waals surface area contributed by atoms with E-state index in [4.69, 9.17) is 5.73 Å². The summed E-state index contributed by atoms with van der Waals surface area (Å²) in [5.74, 6) is 0.365. The Balaban J connectivity index is 2.09. The maximum atomic E-state index is 12.6. The van der Waals surface area contributed by atoms with Crippen LogP contribution in [0.3, 0.4) is 0 Å². The zero-order valence-corrected chi connectivity index (χ0v) is 12.6. The van der Waals surface area contributed by atoms with Gasteiger partial charge in [-0.2, -0.15) is 0 Å². The molecule has 21 heavy (non-hydrogen) atoms. The molecule has 0 aromatic heterocycles. The van der Waals surface area contributed by atoms with Crippen LogP contribution < -0.4 is 10.6 Å². The van der Waals surface area contributed by atoms with E-state index in [-0.39, 0.29) is 5.91 Å². The van der Waals surface area contributed by atoms with Gasteiger partial charge < -0.3 is 10.6 Å². The minimum Gasteiger partial charge on any atom is -0.309 e. The van der Waals surface area contributed by atoms with Gasteiger partial charge in [0.2, 0.25) is 0 Å². The van der Waals surface area contributed by atoms with Crippen molar-refractivity contribution in [2.24, 2.45) is 16.6 Å². The molecule has 2 N–H and O–H groups in total. The summed E-state index contributed by atoms with van der Waals surface area (Å²) >= 11 is 0. The van der Waals surface area contributed by atoms with Crippen molar-refractivity contribution in [1.29, 1.82) is 0 Å². The van der Waals surface area contributed by atoms with Gasteiger partial charge in [0.25, 0.3) is 5.91 Å². The van der Waals surface area contributed by atoms with Crippen LogP contribution in [0.5, 0.6) is 0 Å². The van der Waals surface area contributed by atoms with Crippen LogP contribution in [0.4, 0.5) is 5.69 Å². The van der Waals surface area contributed by atoms with Gasteiger partial charge in [0, 0.05) is 23.7 Å². The molecule has 3 rings (SSSR count). The van der Waals surface area contributed by atoms with Crippen LogP contribution in [-0.4, -0.2) is 24.3 Å². The number of benzene rings is 1. The largest absolute Gasteiger partial charge is 0.309 e. The number of para-hydroxylation sites is 1. The molecule has 1 amide bonds. The van der Waals surface area contributed by atoms with E-state index in [2.05, 4.69) is 18.0 Å². The Morgan fingerprint density at radius 1 is 1.29 bits per heavy atom. The van der Waals surface area contributed by atoms with Gasteiger partial charge >= 0.3 is 0 Å². The summed E-state index contributed by atoms with van der Waals surface area (Å²) in [4.78, 5) is 19.0. The Bertz CT molecular complexity index is 561. The lowest BCUT2D eigenvalue weighted by molar-refractivity contribution is -0.119. The van der Waals surface area contributed by atoms with Crippen molar-refractivity contribution in [2.45, 2.75) is 45.2 Å². The molecule has 1 aliphatic heterocycles. The fourth-order valence-electron chi connectivity index (χ4n) is 3.46. The van der Waals surface area contributed by atoms with Crippen LogP contribution in [0.1, 0.15) is 44.6 Å². The highest BCUT2D eigenvalue weighted by Crippen LogP contribution is 2.34. The third-order valence-electron chi connectivity index (χ3n) is 4.46. The predicted molar refractivity (Wildman–Crippen MR) is 85.6 cm³/mol. The fraction of sp³-hybridized carbons (Fsp3) is 0.529. The average molecular weight is 285 g/mol. The van der Waals surface area contributed by atoms with Crippen LogP contribution in [0.2, 0.25) is 0 Å². The zero-order chi connectivity index (χ0) is 14.8. The molecule has 1 atom stereocenters. The van der Waals surface area contributed by atoms with Gasteiger partial charge in [-0.25, -0.2) is 0 Å². The van der Waals surface area contributed by atoms with Gasteiger partial charge in [0.15, 0.2) is 6.17 Å². The number of amides is 1. The molecule has 1 heterocycles. The van der Waals surface area contributed by atoms with Crippen LogP contribution in [-0.2, 0) is 4.79 Å². The number of nitrogens with zero attached hydrogens (tertiary/aromatic N) is 2. The van der Waals surface area contributed by atoms with E-state index in [1.165, 1.54) is 12.8 Å². The molecule has 0 radical (unpaired) electrons. The molecular formula is C17H23N3O. The number of nitrogens with two attached hydrogens (primary N) is 1. The molecule has 1 aromatic rings. The van der Waals surface area contributed by atoms with Crippen LogP contribution >= 0.6 is 0 Å². The smallest absolute Gasteiger partial charge is 0.266 e. The van der Waals surface area contributed by atoms with Crippen molar-refractivity contribution in [3.8, 4) is 0 Å². The number of hydrogen-bond donors (Lipinski definition) is 1. The molecule has 0 saturated heterocycles. The monoisotopic (exact) mass is 285 g/mol. The molecule has 1 aromatic carbocycles. The molecule has 0 bridgehead atoms. The first kappa shape index (κ1) is 14.3. The molecule has 1 aliphatic carbocycles. The van der Waals surface area contributed by atoms with E-state index in [1.54, 1.807) is 0 Å². The van der Waals surface area contributed by atoms with Crippen LogP contribution in [0.25, 0.3) is 0 Å². The highest BCUT2D eigenvalue weighted by atomic mass is 16.2. The van der Waals surface area contributed by atoms with Gasteiger partial charge in [-0.1, -0.05) is 38.0 Å². The summed E-state index contributed by atoms with van der Waals surface area (Å²) in [5, 5.41) is 0. The standard InChI is InChI=1S/C17H23N3O/c1-2-11-20-14-10-6-5-9-13(14)15(12-7-3-4-8-12)19-16(18)17(20)21/h5-6,9-10,12,16H,2-4,7-8,11,18H2,1H3/t16-/m1/s1. The second-order valence-electron chi connectivity index (χ2n) is 5.95. The van der Waals surface area contributed by atoms with Gasteiger partial charge in [-0.05, 0) is 25.3 Å². The highest BCUT2D eigenvalue weighted by Gasteiger charge is 2.32. The Kier molecular flexibility index (Phi) is 4.06. The van der Waals surface area contributed by atoms with E-state index in [0.717, 1.165) is 36.2 Å². The molecular weight excluding hydrogens is 262 g/mol. The van der Waals surface area contributed by atoms with Crippen molar-refractivity contribution in [3.63, 3.8) is 0 Å². The first-order valence-corrected chi connectivity index (χ1v) is 7.96. The number of anilines is 1. The lowest BCUT2D eigenvalue weighted by Gasteiger charge is -2.24. The SMILES string of the molecule is CCCN1C(=O)[C@H](N)N=C(C2CCCC2)c2ccccc21.